The Morgan fingerprint density at radius 2 is 2.45 bits per heavy atom. The van der Waals surface area contributed by atoms with Crippen LogP contribution in [0.4, 0.5) is 0 Å². The molecule has 2 heteroatoms. The van der Waals surface area contributed by atoms with Gasteiger partial charge in [0.1, 0.15) is 0 Å². The second kappa shape index (κ2) is 2.09. The van der Waals surface area contributed by atoms with Crippen molar-refractivity contribution < 1.29 is 0 Å². The first-order valence-electron chi connectivity index (χ1n) is 3.66. The van der Waals surface area contributed by atoms with Crippen LogP contribution in [0.2, 0.25) is 0 Å². The molecule has 0 saturated carbocycles. The maximum Gasteiger partial charge on any atom is 0.0429 e. The fourth-order valence-electron chi connectivity index (χ4n) is 1.39. The van der Waals surface area contributed by atoms with Gasteiger partial charge in [-0.1, -0.05) is 6.58 Å². The zero-order valence-corrected chi connectivity index (χ0v) is 6.52. The molecule has 2 rings (SSSR count). The van der Waals surface area contributed by atoms with Gasteiger partial charge in [0.25, 0.3) is 0 Å². The molecule has 1 aromatic heterocycles. The predicted octanol–water partition coefficient (Wildman–Crippen LogP) is 1.46. The van der Waals surface area contributed by atoms with Crippen molar-refractivity contribution in [1.82, 2.24) is 10.3 Å². The number of pyridine rings is 1. The molecule has 11 heavy (non-hydrogen) atoms. The molecule has 0 radical (unpaired) electrons. The molecule has 0 amide bonds. The summed E-state index contributed by atoms with van der Waals surface area (Å²) in [5.41, 5.74) is 4.63. The molecule has 0 unspecified atom stereocenters. The van der Waals surface area contributed by atoms with Crippen molar-refractivity contribution in [3.05, 3.63) is 35.7 Å². The van der Waals surface area contributed by atoms with E-state index in [9.17, 15) is 0 Å². The van der Waals surface area contributed by atoms with Gasteiger partial charge in [0, 0.05) is 35.3 Å². The smallest absolute Gasteiger partial charge is 0.0429 e. The monoisotopic (exact) mass is 146 g/mol. The highest BCUT2D eigenvalue weighted by molar-refractivity contribution is 5.68. The third-order valence-corrected chi connectivity index (χ3v) is 2.07. The number of rotatable bonds is 0. The molecule has 0 spiro atoms. The van der Waals surface area contributed by atoms with E-state index < -0.39 is 0 Å². The SMILES string of the molecule is C=C1NCc2c1ccnc2C. The molecule has 0 atom stereocenters. The van der Waals surface area contributed by atoms with Crippen molar-refractivity contribution in [2.75, 3.05) is 0 Å². The molecule has 0 aliphatic carbocycles. The van der Waals surface area contributed by atoms with Crippen molar-refractivity contribution in [2.45, 2.75) is 13.5 Å². The van der Waals surface area contributed by atoms with E-state index in [1.54, 1.807) is 0 Å². The molecule has 0 fully saturated rings. The summed E-state index contributed by atoms with van der Waals surface area (Å²) in [7, 11) is 0. The Morgan fingerprint density at radius 1 is 1.64 bits per heavy atom. The number of hydrogen-bond acceptors (Lipinski definition) is 2. The maximum atomic E-state index is 4.20. The lowest BCUT2D eigenvalue weighted by atomic mass is 10.1. The largest absolute Gasteiger partial charge is 0.381 e. The summed E-state index contributed by atoms with van der Waals surface area (Å²) >= 11 is 0. The predicted molar refractivity (Wildman–Crippen MR) is 44.8 cm³/mol. The van der Waals surface area contributed by atoms with Crippen molar-refractivity contribution in [3.8, 4) is 0 Å². The van der Waals surface area contributed by atoms with Crippen molar-refractivity contribution >= 4 is 5.70 Å². The van der Waals surface area contributed by atoms with E-state index in [1.807, 2.05) is 19.2 Å². The summed E-state index contributed by atoms with van der Waals surface area (Å²) in [6.45, 7) is 6.81. The van der Waals surface area contributed by atoms with E-state index in [2.05, 4.69) is 16.9 Å². The van der Waals surface area contributed by atoms with Gasteiger partial charge >= 0.3 is 0 Å². The van der Waals surface area contributed by atoms with Crippen LogP contribution >= 0.6 is 0 Å². The van der Waals surface area contributed by atoms with Gasteiger partial charge in [0.05, 0.1) is 0 Å². The van der Waals surface area contributed by atoms with Crippen LogP contribution in [0.25, 0.3) is 5.70 Å². The normalized spacial score (nSPS) is 14.5. The molecule has 1 aromatic rings. The number of hydrogen-bond donors (Lipinski definition) is 1. The van der Waals surface area contributed by atoms with Crippen molar-refractivity contribution in [1.29, 1.82) is 0 Å². The molecule has 2 nitrogen and oxygen atoms in total. The van der Waals surface area contributed by atoms with Crippen LogP contribution in [0.1, 0.15) is 16.8 Å². The van der Waals surface area contributed by atoms with Crippen molar-refractivity contribution in [3.63, 3.8) is 0 Å². The van der Waals surface area contributed by atoms with Gasteiger partial charge in [-0.25, -0.2) is 0 Å². The van der Waals surface area contributed by atoms with Gasteiger partial charge in [-0.2, -0.15) is 0 Å². The first kappa shape index (κ1) is 6.40. The molecule has 0 saturated heterocycles. The third kappa shape index (κ3) is 0.827. The summed E-state index contributed by atoms with van der Waals surface area (Å²) < 4.78 is 0. The van der Waals surface area contributed by atoms with E-state index in [-0.39, 0.29) is 0 Å². The van der Waals surface area contributed by atoms with Gasteiger partial charge < -0.3 is 5.32 Å². The highest BCUT2D eigenvalue weighted by Gasteiger charge is 2.14. The Kier molecular flexibility index (Phi) is 1.22. The summed E-state index contributed by atoms with van der Waals surface area (Å²) in [5.74, 6) is 0. The average molecular weight is 146 g/mol. The van der Waals surface area contributed by atoms with Crippen LogP contribution in [0.3, 0.4) is 0 Å². The summed E-state index contributed by atoms with van der Waals surface area (Å²) in [6.07, 6.45) is 1.83. The molecular formula is C9H10N2. The lowest BCUT2D eigenvalue weighted by Gasteiger charge is -1.98. The molecular weight excluding hydrogens is 136 g/mol. The second-order valence-electron chi connectivity index (χ2n) is 2.75. The molecule has 0 aromatic carbocycles. The summed E-state index contributed by atoms with van der Waals surface area (Å²) in [5, 5.41) is 3.19. The number of fused-ring (bicyclic) bond motifs is 1. The molecule has 2 heterocycles. The van der Waals surface area contributed by atoms with E-state index in [0.717, 1.165) is 17.9 Å². The Hall–Kier alpha value is -1.31. The molecule has 1 aliphatic heterocycles. The van der Waals surface area contributed by atoms with E-state index >= 15 is 0 Å². The van der Waals surface area contributed by atoms with E-state index in [1.165, 1.54) is 11.1 Å². The number of aromatic nitrogens is 1. The number of aryl methyl sites for hydroxylation is 1. The van der Waals surface area contributed by atoms with Crippen LogP contribution in [0.5, 0.6) is 0 Å². The number of nitrogens with zero attached hydrogens (tertiary/aromatic N) is 1. The van der Waals surface area contributed by atoms with Gasteiger partial charge in [-0.3, -0.25) is 4.98 Å². The highest BCUT2D eigenvalue weighted by atomic mass is 14.9. The van der Waals surface area contributed by atoms with Crippen LogP contribution < -0.4 is 5.32 Å². The van der Waals surface area contributed by atoms with E-state index in [0.29, 0.717) is 0 Å². The fourth-order valence-corrected chi connectivity index (χ4v) is 1.39. The van der Waals surface area contributed by atoms with Crippen LogP contribution in [-0.4, -0.2) is 4.98 Å². The zero-order valence-electron chi connectivity index (χ0n) is 6.52. The Balaban J connectivity index is 2.66. The quantitative estimate of drug-likeness (QED) is 0.599. The minimum absolute atomic E-state index is 0.883. The van der Waals surface area contributed by atoms with Crippen LogP contribution in [0, 0.1) is 6.92 Å². The average Bonchev–Trinajstić information content (AvgIpc) is 2.35. The van der Waals surface area contributed by atoms with Crippen LogP contribution in [0.15, 0.2) is 18.8 Å². The zero-order chi connectivity index (χ0) is 7.84. The Bertz CT molecular complexity index is 315. The Morgan fingerprint density at radius 3 is 3.18 bits per heavy atom. The first-order chi connectivity index (χ1) is 5.29. The lowest BCUT2D eigenvalue weighted by molar-refractivity contribution is 0.925. The fraction of sp³-hybridized carbons (Fsp3) is 0.222. The first-order valence-corrected chi connectivity index (χ1v) is 3.66. The standard InChI is InChI=1S/C9H10N2/c1-6-8-3-4-10-7(2)9(8)5-11-6/h3-4,11H,1,5H2,2H3. The van der Waals surface area contributed by atoms with Crippen molar-refractivity contribution in [2.24, 2.45) is 0 Å². The topological polar surface area (TPSA) is 24.9 Å². The van der Waals surface area contributed by atoms with Gasteiger partial charge in [0.2, 0.25) is 0 Å². The molecule has 56 valence electrons. The molecule has 0 bridgehead atoms. The maximum absolute atomic E-state index is 4.20. The third-order valence-electron chi connectivity index (χ3n) is 2.07. The molecule has 1 aliphatic rings. The van der Waals surface area contributed by atoms with Gasteiger partial charge in [-0.05, 0) is 13.0 Å². The minimum atomic E-state index is 0.883. The van der Waals surface area contributed by atoms with Gasteiger partial charge in [0.15, 0.2) is 0 Å². The van der Waals surface area contributed by atoms with E-state index in [4.69, 9.17) is 0 Å². The van der Waals surface area contributed by atoms with Gasteiger partial charge in [-0.15, -0.1) is 0 Å². The molecule has 1 N–H and O–H groups in total. The second-order valence-corrected chi connectivity index (χ2v) is 2.75. The minimum Gasteiger partial charge on any atom is -0.381 e. The van der Waals surface area contributed by atoms with Crippen LogP contribution in [-0.2, 0) is 6.54 Å². The number of nitrogens with one attached hydrogen (secondary N) is 1. The lowest BCUT2D eigenvalue weighted by Crippen LogP contribution is -1.99. The highest BCUT2D eigenvalue weighted by Crippen LogP contribution is 2.23. The summed E-state index contributed by atoms with van der Waals surface area (Å²) in [6, 6.07) is 2.00. The Labute approximate surface area is 66.0 Å². The summed E-state index contributed by atoms with van der Waals surface area (Å²) in [4.78, 5) is 4.20.